The number of para-hydroxylation sites is 2. The summed E-state index contributed by atoms with van der Waals surface area (Å²) in [5, 5.41) is 4.02. The van der Waals surface area contributed by atoms with Crippen LogP contribution >= 0.6 is 23.2 Å². The van der Waals surface area contributed by atoms with Gasteiger partial charge in [-0.3, -0.25) is 0 Å². The molecule has 2 aromatic carbocycles. The van der Waals surface area contributed by atoms with E-state index in [0.29, 0.717) is 41.2 Å². The second-order valence-electron chi connectivity index (χ2n) is 5.93. The molecule has 26 heavy (non-hydrogen) atoms. The minimum Gasteiger partial charge on any atom is -0.492 e. The maximum Gasteiger partial charge on any atom is 0.322 e. The molecule has 1 heterocycles. The van der Waals surface area contributed by atoms with Gasteiger partial charge in [-0.05, 0) is 37.3 Å². The zero-order valence-electron chi connectivity index (χ0n) is 14.5. The lowest BCUT2D eigenvalue weighted by atomic mass is 10.2. The van der Waals surface area contributed by atoms with Gasteiger partial charge in [-0.1, -0.05) is 35.3 Å². The Kier molecular flexibility index (Phi) is 6.12. The fourth-order valence-corrected chi connectivity index (χ4v) is 3.19. The predicted octanol–water partition coefficient (Wildman–Crippen LogP) is 4.75. The molecule has 5 nitrogen and oxygen atoms in total. The molecule has 0 aliphatic carbocycles. The minimum atomic E-state index is -0.119. The molecule has 2 amide bonds. The quantitative estimate of drug-likeness (QED) is 0.814. The smallest absolute Gasteiger partial charge is 0.322 e. The zero-order valence-corrected chi connectivity index (χ0v) is 16.1. The minimum absolute atomic E-state index is 0.119. The first-order valence-electron chi connectivity index (χ1n) is 8.56. The number of benzene rings is 2. The first kappa shape index (κ1) is 18.7. The van der Waals surface area contributed by atoms with Crippen LogP contribution in [0.4, 0.5) is 16.2 Å². The Balaban J connectivity index is 1.59. The van der Waals surface area contributed by atoms with Crippen LogP contribution < -0.4 is 15.0 Å². The summed E-state index contributed by atoms with van der Waals surface area (Å²) in [7, 11) is 0. The van der Waals surface area contributed by atoms with Crippen molar-refractivity contribution in [1.29, 1.82) is 0 Å². The lowest BCUT2D eigenvalue weighted by molar-refractivity contribution is 0.208. The molecule has 3 rings (SSSR count). The van der Waals surface area contributed by atoms with Crippen molar-refractivity contribution in [1.82, 2.24) is 4.90 Å². The maximum absolute atomic E-state index is 12.6. The van der Waals surface area contributed by atoms with Crippen LogP contribution in [0.2, 0.25) is 10.0 Å². The van der Waals surface area contributed by atoms with Gasteiger partial charge in [0.05, 0.1) is 22.3 Å². The highest BCUT2D eigenvalue weighted by molar-refractivity contribution is 6.42. The van der Waals surface area contributed by atoms with Crippen LogP contribution in [-0.2, 0) is 0 Å². The molecule has 0 unspecified atom stereocenters. The van der Waals surface area contributed by atoms with Gasteiger partial charge in [0.15, 0.2) is 0 Å². The fourth-order valence-electron chi connectivity index (χ4n) is 2.90. The Bertz CT molecular complexity index is 777. The molecule has 0 saturated carbocycles. The molecule has 0 radical (unpaired) electrons. The van der Waals surface area contributed by atoms with Crippen LogP contribution in [0.15, 0.2) is 42.5 Å². The molecule has 0 atom stereocenters. The summed E-state index contributed by atoms with van der Waals surface area (Å²) in [5.74, 6) is 0.679. The van der Waals surface area contributed by atoms with Crippen LogP contribution in [0.1, 0.15) is 6.92 Å². The van der Waals surface area contributed by atoms with Crippen molar-refractivity contribution in [2.24, 2.45) is 0 Å². The Labute approximate surface area is 163 Å². The average molecular weight is 394 g/mol. The first-order valence-corrected chi connectivity index (χ1v) is 9.32. The van der Waals surface area contributed by atoms with Crippen molar-refractivity contribution in [3.8, 4) is 5.75 Å². The van der Waals surface area contributed by atoms with E-state index in [2.05, 4.69) is 10.2 Å². The van der Waals surface area contributed by atoms with E-state index >= 15 is 0 Å². The highest BCUT2D eigenvalue weighted by atomic mass is 35.5. The van der Waals surface area contributed by atoms with Gasteiger partial charge < -0.3 is 19.9 Å². The number of rotatable bonds is 4. The van der Waals surface area contributed by atoms with Gasteiger partial charge in [0.25, 0.3) is 0 Å². The molecule has 1 N–H and O–H groups in total. The molecule has 0 bridgehead atoms. The molecule has 2 aromatic rings. The van der Waals surface area contributed by atoms with Crippen molar-refractivity contribution >= 4 is 40.6 Å². The van der Waals surface area contributed by atoms with Crippen LogP contribution in [0.3, 0.4) is 0 Å². The second kappa shape index (κ2) is 8.52. The Morgan fingerprint density at radius 3 is 2.50 bits per heavy atom. The van der Waals surface area contributed by atoms with Gasteiger partial charge >= 0.3 is 6.03 Å². The molecule has 1 saturated heterocycles. The SMILES string of the molecule is CCOc1ccccc1NC(=O)N1CCN(c2ccc(Cl)c(Cl)c2)CC1. The number of anilines is 2. The number of ether oxygens (including phenoxy) is 1. The number of hydrogen-bond donors (Lipinski definition) is 1. The monoisotopic (exact) mass is 393 g/mol. The first-order chi connectivity index (χ1) is 12.6. The largest absolute Gasteiger partial charge is 0.492 e. The topological polar surface area (TPSA) is 44.8 Å². The number of amides is 2. The average Bonchev–Trinajstić information content (AvgIpc) is 2.66. The molecular formula is C19H21Cl2N3O2. The van der Waals surface area contributed by atoms with E-state index in [1.165, 1.54) is 0 Å². The third-order valence-corrected chi connectivity index (χ3v) is 5.00. The number of hydrogen-bond acceptors (Lipinski definition) is 3. The van der Waals surface area contributed by atoms with Crippen LogP contribution in [-0.4, -0.2) is 43.7 Å². The number of nitrogens with zero attached hydrogens (tertiary/aromatic N) is 2. The van der Waals surface area contributed by atoms with Gasteiger partial charge in [0.2, 0.25) is 0 Å². The summed E-state index contributed by atoms with van der Waals surface area (Å²) < 4.78 is 5.56. The van der Waals surface area contributed by atoms with E-state index in [1.807, 2.05) is 43.3 Å². The summed E-state index contributed by atoms with van der Waals surface area (Å²) >= 11 is 12.1. The molecular weight excluding hydrogens is 373 g/mol. The predicted molar refractivity (Wildman–Crippen MR) is 107 cm³/mol. The second-order valence-corrected chi connectivity index (χ2v) is 6.75. The van der Waals surface area contributed by atoms with Gasteiger partial charge in [0.1, 0.15) is 5.75 Å². The third-order valence-electron chi connectivity index (χ3n) is 4.26. The molecule has 138 valence electrons. The number of halogens is 2. The third kappa shape index (κ3) is 4.34. The van der Waals surface area contributed by atoms with Crippen molar-refractivity contribution in [2.45, 2.75) is 6.92 Å². The summed E-state index contributed by atoms with van der Waals surface area (Å²) in [6.07, 6.45) is 0. The van der Waals surface area contributed by atoms with E-state index in [4.69, 9.17) is 27.9 Å². The van der Waals surface area contributed by atoms with E-state index in [1.54, 1.807) is 11.0 Å². The van der Waals surface area contributed by atoms with E-state index in [9.17, 15) is 4.79 Å². The Morgan fingerprint density at radius 1 is 1.08 bits per heavy atom. The zero-order chi connectivity index (χ0) is 18.5. The van der Waals surface area contributed by atoms with Gasteiger partial charge in [0, 0.05) is 31.9 Å². The molecule has 1 aliphatic rings. The molecule has 1 aliphatic heterocycles. The molecule has 7 heteroatoms. The Morgan fingerprint density at radius 2 is 1.81 bits per heavy atom. The summed E-state index contributed by atoms with van der Waals surface area (Å²) in [6.45, 7) is 5.19. The van der Waals surface area contributed by atoms with Gasteiger partial charge in [-0.2, -0.15) is 0 Å². The molecule has 0 aromatic heterocycles. The van der Waals surface area contributed by atoms with Gasteiger partial charge in [-0.25, -0.2) is 4.79 Å². The van der Waals surface area contributed by atoms with Crippen LogP contribution in [0, 0.1) is 0 Å². The lowest BCUT2D eigenvalue weighted by Crippen LogP contribution is -2.50. The number of piperazine rings is 1. The van der Waals surface area contributed by atoms with Crippen molar-refractivity contribution in [3.05, 3.63) is 52.5 Å². The summed E-state index contributed by atoms with van der Waals surface area (Å²) in [4.78, 5) is 16.6. The van der Waals surface area contributed by atoms with Crippen molar-refractivity contribution in [2.75, 3.05) is 43.0 Å². The summed E-state index contributed by atoms with van der Waals surface area (Å²) in [6, 6.07) is 12.9. The van der Waals surface area contributed by atoms with E-state index < -0.39 is 0 Å². The molecule has 0 spiro atoms. The maximum atomic E-state index is 12.6. The van der Waals surface area contributed by atoms with Crippen LogP contribution in [0.5, 0.6) is 5.75 Å². The molecule has 1 fully saturated rings. The van der Waals surface area contributed by atoms with E-state index in [0.717, 1.165) is 18.8 Å². The number of urea groups is 1. The van der Waals surface area contributed by atoms with E-state index in [-0.39, 0.29) is 6.03 Å². The lowest BCUT2D eigenvalue weighted by Gasteiger charge is -2.36. The number of carbonyl (C=O) groups excluding carboxylic acids is 1. The Hall–Kier alpha value is -2.11. The summed E-state index contributed by atoms with van der Waals surface area (Å²) in [5.41, 5.74) is 1.70. The highest BCUT2D eigenvalue weighted by Gasteiger charge is 2.22. The number of nitrogens with one attached hydrogen (secondary N) is 1. The van der Waals surface area contributed by atoms with Gasteiger partial charge in [-0.15, -0.1) is 0 Å². The highest BCUT2D eigenvalue weighted by Crippen LogP contribution is 2.28. The van der Waals surface area contributed by atoms with Crippen molar-refractivity contribution < 1.29 is 9.53 Å². The van der Waals surface area contributed by atoms with Crippen molar-refractivity contribution in [3.63, 3.8) is 0 Å². The fraction of sp³-hybridized carbons (Fsp3) is 0.316. The standard InChI is InChI=1S/C19H21Cl2N3O2/c1-2-26-18-6-4-3-5-17(18)22-19(25)24-11-9-23(10-12-24)14-7-8-15(20)16(21)13-14/h3-8,13H,2,9-12H2,1H3,(H,22,25). The number of carbonyl (C=O) groups is 1. The normalized spacial score (nSPS) is 14.3. The van der Waals surface area contributed by atoms with Crippen LogP contribution in [0.25, 0.3) is 0 Å².